The second-order valence-electron chi connectivity index (χ2n) is 4.50. The summed E-state index contributed by atoms with van der Waals surface area (Å²) in [4.78, 5) is 12.3. The lowest BCUT2D eigenvalue weighted by Crippen LogP contribution is -2.24. The van der Waals surface area contributed by atoms with E-state index < -0.39 is 0 Å². The Bertz CT molecular complexity index is 652. The van der Waals surface area contributed by atoms with Crippen LogP contribution in [0.2, 0.25) is 0 Å². The van der Waals surface area contributed by atoms with Gasteiger partial charge in [-0.1, -0.05) is 0 Å². The zero-order valence-corrected chi connectivity index (χ0v) is 12.2. The van der Waals surface area contributed by atoms with Gasteiger partial charge in [-0.3, -0.25) is 9.48 Å². The SMILES string of the molecule is COc1cc(OC)c(N)c(C(=O)NCc2cnn(C)c2)c1. The van der Waals surface area contributed by atoms with Crippen LogP contribution in [0.1, 0.15) is 15.9 Å². The molecule has 1 heterocycles. The molecule has 7 nitrogen and oxygen atoms in total. The summed E-state index contributed by atoms with van der Waals surface area (Å²) in [7, 11) is 4.82. The molecule has 1 amide bonds. The smallest absolute Gasteiger partial charge is 0.253 e. The fourth-order valence-corrected chi connectivity index (χ4v) is 1.92. The lowest BCUT2D eigenvalue weighted by molar-refractivity contribution is 0.0951. The van der Waals surface area contributed by atoms with E-state index in [2.05, 4.69) is 10.4 Å². The minimum atomic E-state index is -0.298. The molecule has 0 saturated heterocycles. The van der Waals surface area contributed by atoms with Crippen LogP contribution >= 0.6 is 0 Å². The van der Waals surface area contributed by atoms with E-state index in [-0.39, 0.29) is 11.6 Å². The molecule has 0 aliphatic heterocycles. The Hall–Kier alpha value is -2.70. The molecule has 0 aliphatic rings. The number of aryl methyl sites for hydroxylation is 1. The summed E-state index contributed by atoms with van der Waals surface area (Å²) in [5, 5.41) is 6.83. The number of nitrogens with zero attached hydrogens (tertiary/aromatic N) is 2. The second-order valence-corrected chi connectivity index (χ2v) is 4.50. The maximum absolute atomic E-state index is 12.3. The monoisotopic (exact) mass is 290 g/mol. The van der Waals surface area contributed by atoms with E-state index in [0.29, 0.717) is 23.6 Å². The van der Waals surface area contributed by atoms with Crippen molar-refractivity contribution in [1.82, 2.24) is 15.1 Å². The standard InChI is InChI=1S/C14H18N4O3/c1-18-8-9(7-17-18)6-16-14(19)11-4-10(20-2)5-12(21-3)13(11)15/h4-5,7-8H,6,15H2,1-3H3,(H,16,19). The highest BCUT2D eigenvalue weighted by molar-refractivity contribution is 6.00. The molecule has 0 radical (unpaired) electrons. The summed E-state index contributed by atoms with van der Waals surface area (Å²) in [6.07, 6.45) is 3.52. The van der Waals surface area contributed by atoms with Crippen molar-refractivity contribution in [3.63, 3.8) is 0 Å². The molecule has 7 heteroatoms. The fraction of sp³-hybridized carbons (Fsp3) is 0.286. The molecular formula is C14H18N4O3. The van der Waals surface area contributed by atoms with Crippen molar-refractivity contribution in [2.75, 3.05) is 20.0 Å². The van der Waals surface area contributed by atoms with Gasteiger partial charge in [0, 0.05) is 31.4 Å². The highest BCUT2D eigenvalue weighted by Gasteiger charge is 2.16. The predicted molar refractivity (Wildman–Crippen MR) is 78.3 cm³/mol. The zero-order chi connectivity index (χ0) is 15.4. The Morgan fingerprint density at radius 3 is 2.71 bits per heavy atom. The van der Waals surface area contributed by atoms with Crippen molar-refractivity contribution in [1.29, 1.82) is 0 Å². The van der Waals surface area contributed by atoms with Crippen molar-refractivity contribution in [2.45, 2.75) is 6.54 Å². The van der Waals surface area contributed by atoms with Crippen molar-refractivity contribution >= 4 is 11.6 Å². The Balaban J connectivity index is 2.18. The number of carbonyl (C=O) groups is 1. The fourth-order valence-electron chi connectivity index (χ4n) is 1.92. The lowest BCUT2D eigenvalue weighted by atomic mass is 10.1. The number of methoxy groups -OCH3 is 2. The number of ether oxygens (including phenoxy) is 2. The molecule has 2 rings (SSSR count). The minimum absolute atomic E-state index is 0.280. The Morgan fingerprint density at radius 1 is 1.38 bits per heavy atom. The number of benzene rings is 1. The number of rotatable bonds is 5. The lowest BCUT2D eigenvalue weighted by Gasteiger charge is -2.12. The first-order valence-corrected chi connectivity index (χ1v) is 6.32. The zero-order valence-electron chi connectivity index (χ0n) is 12.2. The van der Waals surface area contributed by atoms with Gasteiger partial charge in [0.1, 0.15) is 11.5 Å². The highest BCUT2D eigenvalue weighted by Crippen LogP contribution is 2.30. The van der Waals surface area contributed by atoms with Gasteiger partial charge in [0.15, 0.2) is 0 Å². The molecule has 112 valence electrons. The molecule has 21 heavy (non-hydrogen) atoms. The molecule has 2 aromatic rings. The van der Waals surface area contributed by atoms with Crippen molar-refractivity contribution in [3.05, 3.63) is 35.7 Å². The number of nitrogens with one attached hydrogen (secondary N) is 1. The Morgan fingerprint density at radius 2 is 2.14 bits per heavy atom. The van der Waals surface area contributed by atoms with Crippen LogP contribution in [0.3, 0.4) is 0 Å². The van der Waals surface area contributed by atoms with E-state index in [0.717, 1.165) is 5.56 Å². The van der Waals surface area contributed by atoms with Crippen LogP contribution in [0, 0.1) is 0 Å². The van der Waals surface area contributed by atoms with Gasteiger partial charge in [-0.15, -0.1) is 0 Å². The molecular weight excluding hydrogens is 272 g/mol. The third-order valence-electron chi connectivity index (χ3n) is 3.03. The van der Waals surface area contributed by atoms with Gasteiger partial charge in [-0.2, -0.15) is 5.10 Å². The summed E-state index contributed by atoms with van der Waals surface area (Å²) in [5.74, 6) is 0.613. The van der Waals surface area contributed by atoms with E-state index in [1.54, 1.807) is 23.0 Å². The first-order chi connectivity index (χ1) is 10.0. The number of nitrogens with two attached hydrogens (primary N) is 1. The summed E-state index contributed by atoms with van der Waals surface area (Å²) in [6.45, 7) is 0.367. The topological polar surface area (TPSA) is 91.4 Å². The molecule has 1 aromatic heterocycles. The summed E-state index contributed by atoms with van der Waals surface area (Å²) < 4.78 is 12.0. The van der Waals surface area contributed by atoms with Gasteiger partial charge < -0.3 is 20.5 Å². The summed E-state index contributed by atoms with van der Waals surface area (Å²) in [6, 6.07) is 3.21. The maximum Gasteiger partial charge on any atom is 0.253 e. The highest BCUT2D eigenvalue weighted by atomic mass is 16.5. The Kier molecular flexibility index (Phi) is 4.32. The summed E-state index contributed by atoms with van der Waals surface area (Å²) in [5.41, 5.74) is 7.43. The normalized spacial score (nSPS) is 10.2. The number of nitrogen functional groups attached to an aromatic ring is 1. The second kappa shape index (κ2) is 6.17. The molecule has 3 N–H and O–H groups in total. The predicted octanol–water partition coefficient (Wildman–Crippen LogP) is 0.949. The number of anilines is 1. The third-order valence-corrected chi connectivity index (χ3v) is 3.03. The van der Waals surface area contributed by atoms with E-state index >= 15 is 0 Å². The first kappa shape index (κ1) is 14.7. The van der Waals surface area contributed by atoms with E-state index in [4.69, 9.17) is 15.2 Å². The minimum Gasteiger partial charge on any atom is -0.497 e. The van der Waals surface area contributed by atoms with Gasteiger partial charge >= 0.3 is 0 Å². The molecule has 0 fully saturated rings. The van der Waals surface area contributed by atoms with Crippen LogP contribution in [-0.2, 0) is 13.6 Å². The largest absolute Gasteiger partial charge is 0.497 e. The van der Waals surface area contributed by atoms with Crippen molar-refractivity contribution in [3.8, 4) is 11.5 Å². The number of hydrogen-bond donors (Lipinski definition) is 2. The van der Waals surface area contributed by atoms with Gasteiger partial charge in [-0.05, 0) is 6.07 Å². The third kappa shape index (κ3) is 3.25. The van der Waals surface area contributed by atoms with Gasteiger partial charge in [0.05, 0.1) is 31.7 Å². The van der Waals surface area contributed by atoms with E-state index in [1.807, 2.05) is 13.2 Å². The van der Waals surface area contributed by atoms with Crippen molar-refractivity contribution < 1.29 is 14.3 Å². The average molecular weight is 290 g/mol. The van der Waals surface area contributed by atoms with E-state index in [1.165, 1.54) is 14.2 Å². The number of carbonyl (C=O) groups excluding carboxylic acids is 1. The number of amides is 1. The Labute approximate surface area is 122 Å². The molecule has 0 unspecified atom stereocenters. The number of aromatic nitrogens is 2. The quantitative estimate of drug-likeness (QED) is 0.800. The molecule has 0 saturated carbocycles. The van der Waals surface area contributed by atoms with Crippen LogP contribution < -0.4 is 20.5 Å². The van der Waals surface area contributed by atoms with Crippen LogP contribution in [0.5, 0.6) is 11.5 Å². The first-order valence-electron chi connectivity index (χ1n) is 6.32. The summed E-state index contributed by atoms with van der Waals surface area (Å²) >= 11 is 0. The molecule has 1 aromatic carbocycles. The molecule has 0 spiro atoms. The van der Waals surface area contributed by atoms with Crippen LogP contribution in [0.25, 0.3) is 0 Å². The molecule has 0 atom stereocenters. The number of hydrogen-bond acceptors (Lipinski definition) is 5. The van der Waals surface area contributed by atoms with E-state index in [9.17, 15) is 4.79 Å². The molecule has 0 bridgehead atoms. The van der Waals surface area contributed by atoms with Gasteiger partial charge in [-0.25, -0.2) is 0 Å². The van der Waals surface area contributed by atoms with Gasteiger partial charge in [0.25, 0.3) is 5.91 Å². The maximum atomic E-state index is 12.3. The molecule has 0 aliphatic carbocycles. The van der Waals surface area contributed by atoms with Crippen LogP contribution in [0.4, 0.5) is 5.69 Å². The average Bonchev–Trinajstić information content (AvgIpc) is 2.90. The van der Waals surface area contributed by atoms with Gasteiger partial charge in [0.2, 0.25) is 0 Å². The van der Waals surface area contributed by atoms with Crippen molar-refractivity contribution in [2.24, 2.45) is 7.05 Å². The van der Waals surface area contributed by atoms with Crippen LogP contribution in [0.15, 0.2) is 24.5 Å². The van der Waals surface area contributed by atoms with Crippen LogP contribution in [-0.4, -0.2) is 29.9 Å².